The minimum atomic E-state index is -0.713. The highest BCUT2D eigenvalue weighted by Crippen LogP contribution is 2.34. The number of rotatable bonds is 7. The van der Waals surface area contributed by atoms with Gasteiger partial charge in [-0.25, -0.2) is 0 Å². The van der Waals surface area contributed by atoms with Crippen LogP contribution < -0.4 is 5.32 Å². The lowest BCUT2D eigenvalue weighted by atomic mass is 9.84. The van der Waals surface area contributed by atoms with Gasteiger partial charge in [-0.1, -0.05) is 20.8 Å². The molecule has 2 N–H and O–H groups in total. The molecule has 1 aliphatic carbocycles. The Morgan fingerprint density at radius 2 is 2.05 bits per heavy atom. The summed E-state index contributed by atoms with van der Waals surface area (Å²) in [6.07, 6.45) is 3.50. The number of hydrogen-bond acceptors (Lipinski definition) is 4. The van der Waals surface area contributed by atoms with Gasteiger partial charge in [-0.3, -0.25) is 9.69 Å². The zero-order valence-corrected chi connectivity index (χ0v) is 13.7. The Bertz CT molecular complexity index is 332. The summed E-state index contributed by atoms with van der Waals surface area (Å²) < 4.78 is 0. The second-order valence-electron chi connectivity index (χ2n) is 6.49. The Morgan fingerprint density at radius 1 is 1.35 bits per heavy atom. The monoisotopic (exact) mass is 300 g/mol. The molecule has 2 rings (SSSR count). The lowest BCUT2D eigenvalue weighted by Crippen LogP contribution is -2.55. The van der Waals surface area contributed by atoms with Crippen molar-refractivity contribution in [3.8, 4) is 0 Å². The first-order valence-corrected chi connectivity index (χ1v) is 8.88. The van der Waals surface area contributed by atoms with Crippen LogP contribution in [-0.4, -0.2) is 58.2 Å². The first kappa shape index (κ1) is 16.1. The molecular formula is C15H28N2O2S. The topological polar surface area (TPSA) is 52.6 Å². The number of aliphatic carboxylic acids is 1. The van der Waals surface area contributed by atoms with Gasteiger partial charge in [-0.15, -0.1) is 0 Å². The number of carboxylic acid groups (broad SMARTS) is 1. The highest BCUT2D eigenvalue weighted by molar-refractivity contribution is 8.00. The molecule has 1 heterocycles. The van der Waals surface area contributed by atoms with Crippen molar-refractivity contribution in [2.45, 2.75) is 63.4 Å². The number of hydrogen-bond donors (Lipinski definition) is 2. The van der Waals surface area contributed by atoms with E-state index in [0.717, 1.165) is 30.6 Å². The van der Waals surface area contributed by atoms with Crippen molar-refractivity contribution < 1.29 is 9.90 Å². The Kier molecular flexibility index (Phi) is 5.75. The molecule has 2 aliphatic rings. The van der Waals surface area contributed by atoms with Crippen molar-refractivity contribution in [2.75, 3.05) is 18.8 Å². The summed E-state index contributed by atoms with van der Waals surface area (Å²) >= 11 is 2.10. The zero-order chi connectivity index (χ0) is 14.7. The van der Waals surface area contributed by atoms with Crippen LogP contribution in [0.25, 0.3) is 0 Å². The number of likely N-dealkylation sites (N-methyl/N-ethyl adjacent to an activating group) is 1. The van der Waals surface area contributed by atoms with Crippen molar-refractivity contribution >= 4 is 17.7 Å². The van der Waals surface area contributed by atoms with E-state index in [1.807, 2.05) is 6.92 Å². The van der Waals surface area contributed by atoms with Gasteiger partial charge in [-0.2, -0.15) is 11.8 Å². The molecule has 0 aromatic rings. The molecule has 1 aliphatic heterocycles. The molecule has 0 radical (unpaired) electrons. The predicted molar refractivity (Wildman–Crippen MR) is 84.3 cm³/mol. The van der Waals surface area contributed by atoms with Crippen molar-refractivity contribution in [3.05, 3.63) is 0 Å². The van der Waals surface area contributed by atoms with E-state index in [2.05, 4.69) is 35.8 Å². The average molecular weight is 300 g/mol. The number of nitrogens with one attached hydrogen (secondary N) is 1. The van der Waals surface area contributed by atoms with Crippen LogP contribution in [0.2, 0.25) is 0 Å². The maximum Gasteiger partial charge on any atom is 0.317 e. The minimum Gasteiger partial charge on any atom is -0.480 e. The summed E-state index contributed by atoms with van der Waals surface area (Å²) in [5.74, 6) is 1.29. The fourth-order valence-electron chi connectivity index (χ4n) is 3.27. The Labute approximate surface area is 126 Å². The first-order valence-electron chi connectivity index (χ1n) is 7.83. The summed E-state index contributed by atoms with van der Waals surface area (Å²) in [6.45, 7) is 7.68. The van der Waals surface area contributed by atoms with Crippen molar-refractivity contribution in [1.29, 1.82) is 0 Å². The van der Waals surface area contributed by atoms with Crippen LogP contribution >= 0.6 is 11.8 Å². The van der Waals surface area contributed by atoms with E-state index in [9.17, 15) is 4.79 Å². The van der Waals surface area contributed by atoms with Crippen LogP contribution in [0.1, 0.15) is 40.0 Å². The van der Waals surface area contributed by atoms with E-state index in [-0.39, 0.29) is 6.54 Å². The number of thioether (sulfide) groups is 1. The van der Waals surface area contributed by atoms with Crippen LogP contribution in [0.5, 0.6) is 0 Å². The number of carboxylic acids is 1. The third-order valence-corrected chi connectivity index (χ3v) is 6.38. The van der Waals surface area contributed by atoms with Gasteiger partial charge < -0.3 is 10.4 Å². The van der Waals surface area contributed by atoms with Gasteiger partial charge in [0.15, 0.2) is 0 Å². The molecule has 0 aromatic carbocycles. The summed E-state index contributed by atoms with van der Waals surface area (Å²) in [5.41, 5.74) is 0. The van der Waals surface area contributed by atoms with Crippen molar-refractivity contribution in [2.24, 2.45) is 5.92 Å². The van der Waals surface area contributed by atoms with Gasteiger partial charge in [0.1, 0.15) is 0 Å². The molecule has 0 bridgehead atoms. The molecule has 116 valence electrons. The van der Waals surface area contributed by atoms with Gasteiger partial charge in [0.05, 0.1) is 6.54 Å². The van der Waals surface area contributed by atoms with Crippen LogP contribution in [0.4, 0.5) is 0 Å². The smallest absolute Gasteiger partial charge is 0.317 e. The molecule has 0 amide bonds. The molecular weight excluding hydrogens is 272 g/mol. The standard InChI is InChI=1S/C15H28N2O2S/c1-4-17(8-15(18)19)13-5-11(6-13)16-12-7-14(10(2)3)20-9-12/h10-14,16H,4-9H2,1-3H3,(H,18,19). The molecule has 2 fully saturated rings. The number of nitrogens with zero attached hydrogens (tertiary/aromatic N) is 1. The maximum atomic E-state index is 10.8. The van der Waals surface area contributed by atoms with Gasteiger partial charge in [-0.05, 0) is 31.7 Å². The first-order chi connectivity index (χ1) is 9.49. The second-order valence-corrected chi connectivity index (χ2v) is 7.77. The van der Waals surface area contributed by atoms with Crippen molar-refractivity contribution in [3.63, 3.8) is 0 Å². The third kappa shape index (κ3) is 4.12. The lowest BCUT2D eigenvalue weighted by molar-refractivity contribution is -0.139. The second kappa shape index (κ2) is 7.14. The van der Waals surface area contributed by atoms with E-state index in [0.29, 0.717) is 18.1 Å². The van der Waals surface area contributed by atoms with E-state index in [1.54, 1.807) is 0 Å². The molecule has 1 saturated heterocycles. The summed E-state index contributed by atoms with van der Waals surface area (Å²) in [6, 6.07) is 1.72. The minimum absolute atomic E-state index is 0.183. The van der Waals surface area contributed by atoms with Gasteiger partial charge in [0.2, 0.25) is 0 Å². The molecule has 1 saturated carbocycles. The molecule has 0 aromatic heterocycles. The number of carbonyl (C=O) groups is 1. The Morgan fingerprint density at radius 3 is 2.55 bits per heavy atom. The summed E-state index contributed by atoms with van der Waals surface area (Å²) in [5, 5.41) is 13.5. The molecule has 2 atom stereocenters. The summed E-state index contributed by atoms with van der Waals surface area (Å²) in [7, 11) is 0. The maximum absolute atomic E-state index is 10.8. The highest BCUT2D eigenvalue weighted by Gasteiger charge is 2.36. The van der Waals surface area contributed by atoms with Crippen LogP contribution in [0.3, 0.4) is 0 Å². The largest absolute Gasteiger partial charge is 0.480 e. The third-order valence-electron chi connectivity index (χ3n) is 4.62. The summed E-state index contributed by atoms with van der Waals surface area (Å²) in [4.78, 5) is 12.9. The fourth-order valence-corrected chi connectivity index (χ4v) is 4.73. The van der Waals surface area contributed by atoms with E-state index >= 15 is 0 Å². The van der Waals surface area contributed by atoms with E-state index < -0.39 is 5.97 Å². The SMILES string of the molecule is CCN(CC(=O)O)C1CC(NC2CSC(C(C)C)C2)C1. The van der Waals surface area contributed by atoms with Crippen LogP contribution in [0, 0.1) is 5.92 Å². The molecule has 2 unspecified atom stereocenters. The van der Waals surface area contributed by atoms with E-state index in [1.165, 1.54) is 12.2 Å². The highest BCUT2D eigenvalue weighted by atomic mass is 32.2. The molecule has 5 heteroatoms. The van der Waals surface area contributed by atoms with E-state index in [4.69, 9.17) is 5.11 Å². The van der Waals surface area contributed by atoms with Gasteiger partial charge in [0.25, 0.3) is 0 Å². The lowest BCUT2D eigenvalue weighted by Gasteiger charge is -2.43. The van der Waals surface area contributed by atoms with Gasteiger partial charge >= 0.3 is 5.97 Å². The fraction of sp³-hybridized carbons (Fsp3) is 0.933. The molecule has 20 heavy (non-hydrogen) atoms. The normalized spacial score (nSPS) is 33.6. The predicted octanol–water partition coefficient (Wildman–Crippen LogP) is 2.04. The molecule has 0 spiro atoms. The Balaban J connectivity index is 1.68. The quantitative estimate of drug-likeness (QED) is 0.753. The average Bonchev–Trinajstić information content (AvgIpc) is 2.79. The van der Waals surface area contributed by atoms with Crippen LogP contribution in [0.15, 0.2) is 0 Å². The van der Waals surface area contributed by atoms with Crippen LogP contribution in [-0.2, 0) is 4.79 Å². The van der Waals surface area contributed by atoms with Crippen molar-refractivity contribution in [1.82, 2.24) is 10.2 Å². The van der Waals surface area contributed by atoms with Gasteiger partial charge in [0, 0.05) is 29.1 Å². The Hall–Kier alpha value is -0.260. The zero-order valence-electron chi connectivity index (χ0n) is 12.8. The molecule has 4 nitrogen and oxygen atoms in total.